The Morgan fingerprint density at radius 3 is 2.44 bits per heavy atom. The molecule has 5 aromatic rings. The summed E-state index contributed by atoms with van der Waals surface area (Å²) in [5.41, 5.74) is 2.38. The van der Waals surface area contributed by atoms with Crippen LogP contribution in [0.2, 0.25) is 0 Å². The molecular formula is C36H30F4N2O3. The van der Waals surface area contributed by atoms with Crippen LogP contribution in [0.3, 0.4) is 0 Å². The van der Waals surface area contributed by atoms with Crippen LogP contribution < -0.4 is 4.74 Å². The first-order chi connectivity index (χ1) is 21.4. The van der Waals surface area contributed by atoms with Gasteiger partial charge in [0.1, 0.15) is 18.0 Å². The minimum atomic E-state index is -4.57. The Hall–Kier alpha value is -4.66. The monoisotopic (exact) mass is 614 g/mol. The molecule has 0 unspecified atom stereocenters. The van der Waals surface area contributed by atoms with Crippen molar-refractivity contribution in [3.8, 4) is 22.7 Å². The predicted molar refractivity (Wildman–Crippen MR) is 162 cm³/mol. The molecule has 1 saturated carbocycles. The van der Waals surface area contributed by atoms with Crippen molar-refractivity contribution in [3.63, 3.8) is 0 Å². The zero-order valence-electron chi connectivity index (χ0n) is 24.9. The molecule has 2 heterocycles. The molecule has 7 rings (SSSR count). The molecule has 2 aliphatic carbocycles. The summed E-state index contributed by atoms with van der Waals surface area (Å²) in [6.07, 6.45) is -0.535. The SMILES string of the molecule is CC(C)(C)OC(=O)[C@H]1[C@@H]2Cc3cc(OCc4cc5c(-c6ccccc6C(F)(F)F)cn(-c6ccccc6)c5cc4F)ncc3[C@@H]21. The fourth-order valence-electron chi connectivity index (χ4n) is 6.57. The number of benzene rings is 3. The molecule has 230 valence electrons. The van der Waals surface area contributed by atoms with Crippen molar-refractivity contribution in [2.24, 2.45) is 11.8 Å². The molecule has 2 aromatic heterocycles. The molecule has 0 amide bonds. The number of pyridine rings is 1. The second-order valence-electron chi connectivity index (χ2n) is 12.7. The molecular weight excluding hydrogens is 584 g/mol. The lowest BCUT2D eigenvalue weighted by atomic mass is 9.98. The number of fused-ring (bicyclic) bond motifs is 4. The standard InChI is InChI=1S/C36H30F4N2O3/c1-35(2,3)45-34(43)33-25-13-20-15-31(41-17-26(20)32(25)33)44-19-21-14-24-27(23-11-7-8-12-28(23)36(38,39)40)18-42(30(24)16-29(21)37)22-9-5-4-6-10-22/h4-12,14-18,25,32-33H,13,19H2,1-3H3/t25-,32-,33+/m1/s1. The minimum absolute atomic E-state index is 0.00620. The number of nitrogens with zero attached hydrogens (tertiary/aromatic N) is 2. The molecule has 3 atom stereocenters. The van der Waals surface area contributed by atoms with Crippen LogP contribution >= 0.6 is 0 Å². The van der Waals surface area contributed by atoms with E-state index in [1.807, 2.05) is 57.2 Å². The van der Waals surface area contributed by atoms with E-state index in [9.17, 15) is 18.0 Å². The summed E-state index contributed by atoms with van der Waals surface area (Å²) in [5, 5.41) is 0.464. The van der Waals surface area contributed by atoms with Gasteiger partial charge in [0.15, 0.2) is 0 Å². The lowest BCUT2D eigenvalue weighted by Crippen LogP contribution is -2.26. The van der Waals surface area contributed by atoms with Gasteiger partial charge in [0.25, 0.3) is 0 Å². The summed E-state index contributed by atoms with van der Waals surface area (Å²) in [6, 6.07) is 19.2. The van der Waals surface area contributed by atoms with Crippen LogP contribution in [0.15, 0.2) is 85.2 Å². The van der Waals surface area contributed by atoms with Crippen molar-refractivity contribution in [1.82, 2.24) is 9.55 Å². The highest BCUT2D eigenvalue weighted by atomic mass is 19.4. The summed E-state index contributed by atoms with van der Waals surface area (Å²) < 4.78 is 70.9. The van der Waals surface area contributed by atoms with Crippen LogP contribution in [-0.2, 0) is 28.7 Å². The van der Waals surface area contributed by atoms with E-state index in [4.69, 9.17) is 9.47 Å². The highest BCUT2D eigenvalue weighted by Crippen LogP contribution is 2.62. The van der Waals surface area contributed by atoms with Gasteiger partial charge < -0.3 is 14.0 Å². The average Bonchev–Trinajstić information content (AvgIpc) is 3.39. The zero-order chi connectivity index (χ0) is 31.7. The second kappa shape index (κ2) is 10.5. The molecule has 9 heteroatoms. The second-order valence-corrected chi connectivity index (χ2v) is 12.7. The van der Waals surface area contributed by atoms with E-state index in [0.29, 0.717) is 34.5 Å². The number of aromatic nitrogens is 2. The first-order valence-electron chi connectivity index (χ1n) is 14.8. The third-order valence-corrected chi connectivity index (χ3v) is 8.57. The van der Waals surface area contributed by atoms with E-state index in [0.717, 1.165) is 17.2 Å². The Bertz CT molecular complexity index is 1940. The largest absolute Gasteiger partial charge is 0.473 e. The van der Waals surface area contributed by atoms with E-state index in [1.165, 1.54) is 18.2 Å². The summed E-state index contributed by atoms with van der Waals surface area (Å²) in [4.78, 5) is 17.0. The van der Waals surface area contributed by atoms with Crippen molar-refractivity contribution in [3.05, 3.63) is 113 Å². The van der Waals surface area contributed by atoms with Crippen molar-refractivity contribution < 1.29 is 31.8 Å². The Morgan fingerprint density at radius 1 is 0.978 bits per heavy atom. The Balaban J connectivity index is 1.19. The molecule has 0 radical (unpaired) electrons. The predicted octanol–water partition coefficient (Wildman–Crippen LogP) is 8.66. The maximum absolute atomic E-state index is 15.6. The summed E-state index contributed by atoms with van der Waals surface area (Å²) in [6.45, 7) is 5.38. The van der Waals surface area contributed by atoms with Gasteiger partial charge in [-0.1, -0.05) is 36.4 Å². The molecule has 0 aliphatic heterocycles. The molecule has 2 aliphatic rings. The highest BCUT2D eigenvalue weighted by molar-refractivity contribution is 5.98. The van der Waals surface area contributed by atoms with E-state index in [2.05, 4.69) is 4.98 Å². The Kier molecular flexibility index (Phi) is 6.76. The van der Waals surface area contributed by atoms with E-state index >= 15 is 4.39 Å². The Morgan fingerprint density at radius 2 is 1.71 bits per heavy atom. The maximum Gasteiger partial charge on any atom is 0.417 e. The van der Waals surface area contributed by atoms with Crippen molar-refractivity contribution in [2.75, 3.05) is 0 Å². The fraction of sp³-hybridized carbons (Fsp3) is 0.278. The van der Waals surface area contributed by atoms with E-state index < -0.39 is 23.2 Å². The van der Waals surface area contributed by atoms with Gasteiger partial charge in [0.05, 0.1) is 17.0 Å². The maximum atomic E-state index is 15.6. The zero-order valence-corrected chi connectivity index (χ0v) is 24.9. The number of ether oxygens (including phenoxy) is 2. The molecule has 5 nitrogen and oxygen atoms in total. The number of halogens is 4. The van der Waals surface area contributed by atoms with Gasteiger partial charge in [-0.05, 0) is 80.1 Å². The molecule has 0 N–H and O–H groups in total. The summed E-state index contributed by atoms with van der Waals surface area (Å²) in [5.74, 6) is -0.316. The average molecular weight is 615 g/mol. The van der Waals surface area contributed by atoms with Crippen LogP contribution in [0.4, 0.5) is 17.6 Å². The van der Waals surface area contributed by atoms with Gasteiger partial charge in [-0.15, -0.1) is 0 Å². The van der Waals surface area contributed by atoms with Crippen molar-refractivity contribution >= 4 is 16.9 Å². The van der Waals surface area contributed by atoms with E-state index in [-0.39, 0.29) is 41.5 Å². The van der Waals surface area contributed by atoms with Gasteiger partial charge in [-0.3, -0.25) is 4.79 Å². The van der Waals surface area contributed by atoms with Crippen LogP contribution in [0, 0.1) is 17.7 Å². The summed E-state index contributed by atoms with van der Waals surface area (Å²) in [7, 11) is 0. The quantitative estimate of drug-likeness (QED) is 0.142. The number of rotatable bonds is 6. The van der Waals surface area contributed by atoms with Crippen LogP contribution in [0.25, 0.3) is 27.7 Å². The third kappa shape index (κ3) is 5.34. The summed E-state index contributed by atoms with van der Waals surface area (Å²) >= 11 is 0. The number of hydrogen-bond donors (Lipinski definition) is 0. The smallest absolute Gasteiger partial charge is 0.417 e. The lowest BCUT2D eigenvalue weighted by Gasteiger charge is -2.20. The van der Waals surface area contributed by atoms with Crippen LogP contribution in [-0.4, -0.2) is 21.1 Å². The number of esters is 1. The highest BCUT2D eigenvalue weighted by Gasteiger charge is 2.61. The number of carbonyl (C=O) groups is 1. The minimum Gasteiger partial charge on any atom is -0.473 e. The van der Waals surface area contributed by atoms with E-state index in [1.54, 1.807) is 29.1 Å². The van der Waals surface area contributed by atoms with Gasteiger partial charge >= 0.3 is 12.1 Å². The van der Waals surface area contributed by atoms with Crippen LogP contribution in [0.1, 0.15) is 48.9 Å². The number of alkyl halides is 3. The number of para-hydroxylation sites is 1. The third-order valence-electron chi connectivity index (χ3n) is 8.57. The van der Waals surface area contributed by atoms with Gasteiger partial charge in [-0.2, -0.15) is 13.2 Å². The molecule has 3 aromatic carbocycles. The molecule has 0 saturated heterocycles. The Labute approximate surface area is 257 Å². The number of hydrogen-bond acceptors (Lipinski definition) is 4. The van der Waals surface area contributed by atoms with Gasteiger partial charge in [-0.25, -0.2) is 9.37 Å². The first-order valence-corrected chi connectivity index (χ1v) is 14.8. The molecule has 0 spiro atoms. The van der Waals surface area contributed by atoms with Crippen molar-refractivity contribution in [2.45, 2.75) is 51.5 Å². The molecule has 1 fully saturated rings. The normalized spacial score (nSPS) is 18.9. The lowest BCUT2D eigenvalue weighted by molar-refractivity contribution is -0.157. The first kappa shape index (κ1) is 29.1. The van der Waals surface area contributed by atoms with Gasteiger partial charge in [0, 0.05) is 46.6 Å². The topological polar surface area (TPSA) is 53.4 Å². The number of carbonyl (C=O) groups excluding carboxylic acids is 1. The molecule has 0 bridgehead atoms. The van der Waals surface area contributed by atoms with Crippen LogP contribution in [0.5, 0.6) is 5.88 Å². The molecule has 45 heavy (non-hydrogen) atoms. The van der Waals surface area contributed by atoms with Crippen molar-refractivity contribution in [1.29, 1.82) is 0 Å². The van der Waals surface area contributed by atoms with Gasteiger partial charge in [0.2, 0.25) is 5.88 Å². The fourth-order valence-corrected chi connectivity index (χ4v) is 6.57.